The molecule has 1 N–H and O–H groups in total. The first-order valence-corrected chi connectivity index (χ1v) is 10.1. The van der Waals surface area contributed by atoms with Crippen molar-refractivity contribution in [1.29, 1.82) is 0 Å². The maximum Gasteiger partial charge on any atom is 0.261 e. The fourth-order valence-electron chi connectivity index (χ4n) is 3.58. The number of hydrogen-bond acceptors (Lipinski definition) is 4. The molecule has 3 aromatic rings. The largest absolute Gasteiger partial charge is 0.496 e. The van der Waals surface area contributed by atoms with Crippen LogP contribution in [0.25, 0.3) is 0 Å². The van der Waals surface area contributed by atoms with Crippen LogP contribution in [0, 0.1) is 0 Å². The van der Waals surface area contributed by atoms with E-state index in [1.807, 2.05) is 54.6 Å². The third-order valence-electron chi connectivity index (χ3n) is 5.24. The summed E-state index contributed by atoms with van der Waals surface area (Å²) in [5, 5.41) is 2.93. The van der Waals surface area contributed by atoms with E-state index in [9.17, 15) is 9.59 Å². The second-order valence-corrected chi connectivity index (χ2v) is 7.34. The van der Waals surface area contributed by atoms with E-state index in [2.05, 4.69) is 5.32 Å². The highest BCUT2D eigenvalue weighted by Gasteiger charge is 2.23. The lowest BCUT2D eigenvalue weighted by Gasteiger charge is -2.20. The average Bonchev–Trinajstić information content (AvgIpc) is 2.96. The van der Waals surface area contributed by atoms with Gasteiger partial charge in [0.15, 0.2) is 6.61 Å². The molecule has 2 amide bonds. The summed E-state index contributed by atoms with van der Waals surface area (Å²) in [7, 11) is 1.61. The predicted octanol–water partition coefficient (Wildman–Crippen LogP) is 3.55. The number of para-hydroxylation sites is 1. The SMILES string of the molecule is COc1ccccc1CNC(=O)c1ccc2c(c1)CN(Cc1ccccc1)C(=O)CO2. The van der Waals surface area contributed by atoms with Crippen LogP contribution in [0.15, 0.2) is 72.8 Å². The normalized spacial score (nSPS) is 13.1. The van der Waals surface area contributed by atoms with Gasteiger partial charge in [0.05, 0.1) is 7.11 Å². The number of benzene rings is 3. The Morgan fingerprint density at radius 2 is 1.84 bits per heavy atom. The lowest BCUT2D eigenvalue weighted by Crippen LogP contribution is -2.31. The third-order valence-corrected chi connectivity index (χ3v) is 5.24. The minimum atomic E-state index is -0.195. The quantitative estimate of drug-likeness (QED) is 0.667. The minimum absolute atomic E-state index is 0.0147. The number of nitrogens with zero attached hydrogens (tertiary/aromatic N) is 1. The van der Waals surface area contributed by atoms with Crippen LogP contribution in [-0.2, 0) is 24.4 Å². The highest BCUT2D eigenvalue weighted by Crippen LogP contribution is 2.26. The van der Waals surface area contributed by atoms with Crippen molar-refractivity contribution in [2.24, 2.45) is 0 Å². The van der Waals surface area contributed by atoms with E-state index in [0.717, 1.165) is 22.4 Å². The van der Waals surface area contributed by atoms with Crippen molar-refractivity contribution >= 4 is 11.8 Å². The highest BCUT2D eigenvalue weighted by molar-refractivity contribution is 5.94. The maximum absolute atomic E-state index is 12.8. The molecule has 0 aliphatic carbocycles. The Kier molecular flexibility index (Phi) is 6.17. The maximum atomic E-state index is 12.8. The van der Waals surface area contributed by atoms with Crippen molar-refractivity contribution in [3.63, 3.8) is 0 Å². The van der Waals surface area contributed by atoms with Crippen LogP contribution in [0.3, 0.4) is 0 Å². The number of carbonyl (C=O) groups is 2. The van der Waals surface area contributed by atoms with Crippen LogP contribution in [0.4, 0.5) is 0 Å². The number of hydrogen-bond donors (Lipinski definition) is 1. The van der Waals surface area contributed by atoms with Crippen molar-refractivity contribution in [2.45, 2.75) is 19.6 Å². The molecule has 4 rings (SSSR count). The summed E-state index contributed by atoms with van der Waals surface area (Å²) in [6, 6.07) is 22.7. The zero-order chi connectivity index (χ0) is 21.6. The molecular formula is C25H24N2O4. The summed E-state index contributed by atoms with van der Waals surface area (Å²) in [5.41, 5.74) is 3.28. The van der Waals surface area contributed by atoms with Crippen molar-refractivity contribution in [2.75, 3.05) is 13.7 Å². The Morgan fingerprint density at radius 1 is 1.06 bits per heavy atom. The highest BCUT2D eigenvalue weighted by atomic mass is 16.5. The van der Waals surface area contributed by atoms with Gasteiger partial charge in [0.2, 0.25) is 0 Å². The molecule has 0 saturated heterocycles. The molecule has 0 atom stereocenters. The van der Waals surface area contributed by atoms with Gasteiger partial charge in [-0.2, -0.15) is 0 Å². The lowest BCUT2D eigenvalue weighted by molar-refractivity contribution is -0.133. The van der Waals surface area contributed by atoms with Gasteiger partial charge in [-0.3, -0.25) is 9.59 Å². The summed E-state index contributed by atoms with van der Waals surface area (Å²) < 4.78 is 11.0. The molecule has 0 radical (unpaired) electrons. The first-order valence-electron chi connectivity index (χ1n) is 10.1. The summed E-state index contributed by atoms with van der Waals surface area (Å²) in [4.78, 5) is 27.0. The fraction of sp³-hybridized carbons (Fsp3) is 0.200. The minimum Gasteiger partial charge on any atom is -0.496 e. The van der Waals surface area contributed by atoms with E-state index >= 15 is 0 Å². The molecule has 0 spiro atoms. The number of amides is 2. The molecule has 1 aliphatic heterocycles. The Bertz CT molecular complexity index is 1080. The molecule has 0 saturated carbocycles. The Balaban J connectivity index is 1.49. The molecule has 0 aromatic heterocycles. The van der Waals surface area contributed by atoms with E-state index in [0.29, 0.717) is 30.9 Å². The summed E-state index contributed by atoms with van der Waals surface area (Å²) in [6.07, 6.45) is 0. The molecular weight excluding hydrogens is 392 g/mol. The molecule has 0 bridgehead atoms. The number of carbonyl (C=O) groups excluding carboxylic acids is 2. The first kappa shape index (κ1) is 20.5. The number of nitrogens with one attached hydrogen (secondary N) is 1. The fourth-order valence-corrected chi connectivity index (χ4v) is 3.58. The first-order chi connectivity index (χ1) is 15.1. The van der Waals surface area contributed by atoms with Gasteiger partial charge in [-0.05, 0) is 29.8 Å². The third kappa shape index (κ3) is 4.86. The summed E-state index contributed by atoms with van der Waals surface area (Å²) in [5.74, 6) is 1.08. The summed E-state index contributed by atoms with van der Waals surface area (Å²) >= 11 is 0. The molecule has 1 aliphatic rings. The van der Waals surface area contributed by atoms with Gasteiger partial charge in [0.1, 0.15) is 11.5 Å². The molecule has 31 heavy (non-hydrogen) atoms. The zero-order valence-electron chi connectivity index (χ0n) is 17.3. The van der Waals surface area contributed by atoms with Crippen LogP contribution in [-0.4, -0.2) is 30.4 Å². The second kappa shape index (κ2) is 9.34. The molecule has 6 heteroatoms. The van der Waals surface area contributed by atoms with Gasteiger partial charge in [0.25, 0.3) is 11.8 Å². The van der Waals surface area contributed by atoms with E-state index in [1.165, 1.54) is 0 Å². The van der Waals surface area contributed by atoms with Gasteiger partial charge in [0, 0.05) is 36.3 Å². The van der Waals surface area contributed by atoms with E-state index in [-0.39, 0.29) is 18.4 Å². The molecule has 1 heterocycles. The van der Waals surface area contributed by atoms with Crippen molar-refractivity contribution < 1.29 is 19.1 Å². The summed E-state index contributed by atoms with van der Waals surface area (Å²) in [6.45, 7) is 1.22. The Labute approximate surface area is 181 Å². The average molecular weight is 416 g/mol. The zero-order valence-corrected chi connectivity index (χ0v) is 17.3. The van der Waals surface area contributed by atoms with Crippen molar-refractivity contribution in [3.8, 4) is 11.5 Å². The number of ether oxygens (including phenoxy) is 2. The van der Waals surface area contributed by atoms with Crippen LogP contribution >= 0.6 is 0 Å². The number of fused-ring (bicyclic) bond motifs is 1. The Morgan fingerprint density at radius 3 is 2.65 bits per heavy atom. The van der Waals surface area contributed by atoms with Crippen molar-refractivity contribution in [1.82, 2.24) is 10.2 Å². The van der Waals surface area contributed by atoms with Crippen LogP contribution in [0.2, 0.25) is 0 Å². The molecule has 0 fully saturated rings. The van der Waals surface area contributed by atoms with Gasteiger partial charge in [-0.25, -0.2) is 0 Å². The van der Waals surface area contributed by atoms with E-state index < -0.39 is 0 Å². The molecule has 3 aromatic carbocycles. The lowest BCUT2D eigenvalue weighted by atomic mass is 10.1. The van der Waals surface area contributed by atoms with Crippen LogP contribution < -0.4 is 14.8 Å². The second-order valence-electron chi connectivity index (χ2n) is 7.34. The number of methoxy groups -OCH3 is 1. The number of rotatable bonds is 6. The molecule has 0 unspecified atom stereocenters. The topological polar surface area (TPSA) is 67.9 Å². The molecule has 6 nitrogen and oxygen atoms in total. The van der Waals surface area contributed by atoms with Gasteiger partial charge in [-0.15, -0.1) is 0 Å². The van der Waals surface area contributed by atoms with Crippen LogP contribution in [0.1, 0.15) is 27.0 Å². The smallest absolute Gasteiger partial charge is 0.261 e. The van der Waals surface area contributed by atoms with E-state index in [1.54, 1.807) is 30.2 Å². The molecule has 158 valence electrons. The van der Waals surface area contributed by atoms with E-state index in [4.69, 9.17) is 9.47 Å². The monoisotopic (exact) mass is 416 g/mol. The predicted molar refractivity (Wildman–Crippen MR) is 117 cm³/mol. The Hall–Kier alpha value is -3.80. The van der Waals surface area contributed by atoms with Gasteiger partial charge >= 0.3 is 0 Å². The van der Waals surface area contributed by atoms with Gasteiger partial charge < -0.3 is 19.7 Å². The van der Waals surface area contributed by atoms with Gasteiger partial charge in [-0.1, -0.05) is 48.5 Å². The van der Waals surface area contributed by atoms with Crippen molar-refractivity contribution in [3.05, 3.63) is 95.1 Å². The van der Waals surface area contributed by atoms with Crippen LogP contribution in [0.5, 0.6) is 11.5 Å². The standard InChI is InChI=1S/C25H24N2O4/c1-30-22-10-6-5-9-20(22)14-26-25(29)19-11-12-23-21(13-19)16-27(24(28)17-31-23)15-18-7-3-2-4-8-18/h2-13H,14-17H2,1H3,(H,26,29).